The number of nitrogens with two attached hydrogens (primary N) is 1. The van der Waals surface area contributed by atoms with Crippen LogP contribution in [0.2, 0.25) is 0 Å². The highest BCUT2D eigenvalue weighted by Gasteiger charge is 2.45. The van der Waals surface area contributed by atoms with Gasteiger partial charge in [0, 0.05) is 23.9 Å². The third kappa shape index (κ3) is 5.07. The molecule has 0 aliphatic heterocycles. The Bertz CT molecular complexity index is 712. The number of anilines is 1. The van der Waals surface area contributed by atoms with Gasteiger partial charge in [0.1, 0.15) is 9.84 Å². The fourth-order valence-electron chi connectivity index (χ4n) is 3.17. The number of fused-ring (bicyclic) bond motifs is 1. The van der Waals surface area contributed by atoms with E-state index in [-0.39, 0.29) is 35.1 Å². The number of benzene rings is 1. The number of guanidine groups is 1. The molecule has 0 radical (unpaired) electrons. The summed E-state index contributed by atoms with van der Waals surface area (Å²) in [5.74, 6) is 0.563. The van der Waals surface area contributed by atoms with Crippen LogP contribution in [0.1, 0.15) is 30.4 Å². The molecule has 1 fully saturated rings. The molecule has 3 rings (SSSR count). The molecule has 7 heteroatoms. The van der Waals surface area contributed by atoms with Crippen LogP contribution in [-0.2, 0) is 22.7 Å². The van der Waals surface area contributed by atoms with Crippen LogP contribution in [0, 0.1) is 5.41 Å². The number of aryl methyl sites for hydroxylation is 2. The predicted octanol–water partition coefficient (Wildman–Crippen LogP) is 2.34. The molecule has 1 aromatic carbocycles. The van der Waals surface area contributed by atoms with E-state index in [0.717, 1.165) is 31.4 Å². The maximum Gasteiger partial charge on any atom is 0.193 e. The Morgan fingerprint density at radius 3 is 2.65 bits per heavy atom. The van der Waals surface area contributed by atoms with Crippen LogP contribution >= 0.6 is 24.0 Å². The summed E-state index contributed by atoms with van der Waals surface area (Å²) in [4.78, 5) is 4.35. The summed E-state index contributed by atoms with van der Waals surface area (Å²) in [6.45, 7) is 0.476. The molecule has 1 aromatic rings. The summed E-state index contributed by atoms with van der Waals surface area (Å²) in [5, 5.41) is 3.11. The van der Waals surface area contributed by atoms with Gasteiger partial charge in [-0.15, -0.1) is 24.0 Å². The van der Waals surface area contributed by atoms with Crippen LogP contribution in [0.25, 0.3) is 0 Å². The number of sulfone groups is 1. The molecule has 1 saturated carbocycles. The van der Waals surface area contributed by atoms with Gasteiger partial charge in [-0.2, -0.15) is 0 Å². The third-order valence-electron chi connectivity index (χ3n) is 4.48. The highest BCUT2D eigenvalue weighted by Crippen LogP contribution is 2.46. The number of halogens is 1. The third-order valence-corrected chi connectivity index (χ3v) is 5.62. The molecule has 0 amide bonds. The van der Waals surface area contributed by atoms with Crippen molar-refractivity contribution in [3.05, 3.63) is 29.3 Å². The first kappa shape index (κ1) is 18.5. The molecule has 0 spiro atoms. The number of nitrogens with zero attached hydrogens (tertiary/aromatic N) is 1. The highest BCUT2D eigenvalue weighted by molar-refractivity contribution is 14.0. The second-order valence-electron chi connectivity index (χ2n) is 6.73. The van der Waals surface area contributed by atoms with Crippen LogP contribution in [0.5, 0.6) is 0 Å². The van der Waals surface area contributed by atoms with Gasteiger partial charge in [0.25, 0.3) is 0 Å². The van der Waals surface area contributed by atoms with Gasteiger partial charge in [0.15, 0.2) is 5.96 Å². The topological polar surface area (TPSA) is 84.5 Å². The van der Waals surface area contributed by atoms with E-state index in [2.05, 4.69) is 22.4 Å². The van der Waals surface area contributed by atoms with Crippen molar-refractivity contribution in [3.8, 4) is 0 Å². The molecule has 0 saturated heterocycles. The van der Waals surface area contributed by atoms with Crippen LogP contribution in [0.15, 0.2) is 23.2 Å². The SMILES string of the molecule is CS(=O)(=O)CC1(CN=C(N)Nc2ccc3c(c2)CCC3)CC1.I. The number of hydrogen-bond donors (Lipinski definition) is 2. The van der Waals surface area contributed by atoms with E-state index >= 15 is 0 Å². The summed E-state index contributed by atoms with van der Waals surface area (Å²) in [5.41, 5.74) is 9.52. The van der Waals surface area contributed by atoms with Gasteiger partial charge in [0.2, 0.25) is 0 Å². The summed E-state index contributed by atoms with van der Waals surface area (Å²) < 4.78 is 22.9. The molecule has 0 unspecified atom stereocenters. The molecule has 2 aliphatic carbocycles. The van der Waals surface area contributed by atoms with Crippen molar-refractivity contribution in [1.82, 2.24) is 0 Å². The standard InChI is InChI=1S/C16H23N3O2S.HI/c1-22(20,21)11-16(7-8-16)10-18-15(17)19-14-6-5-12-3-2-4-13(12)9-14;/h5-6,9H,2-4,7-8,10-11H2,1H3,(H3,17,18,19);1H. The lowest BCUT2D eigenvalue weighted by molar-refractivity contribution is 0.552. The van der Waals surface area contributed by atoms with E-state index in [0.29, 0.717) is 12.5 Å². The van der Waals surface area contributed by atoms with Crippen molar-refractivity contribution < 1.29 is 8.42 Å². The van der Waals surface area contributed by atoms with Gasteiger partial charge in [-0.25, -0.2) is 8.42 Å². The molecule has 0 aromatic heterocycles. The average Bonchev–Trinajstić information content (AvgIpc) is 3.00. The number of nitrogens with one attached hydrogen (secondary N) is 1. The van der Waals surface area contributed by atoms with Crippen molar-refractivity contribution >= 4 is 45.5 Å². The molecule has 3 N–H and O–H groups in total. The van der Waals surface area contributed by atoms with Crippen LogP contribution in [0.3, 0.4) is 0 Å². The first-order chi connectivity index (χ1) is 10.4. The Labute approximate surface area is 155 Å². The second kappa shape index (κ2) is 6.96. The molecule has 0 bridgehead atoms. The Kier molecular flexibility index (Phi) is 5.60. The first-order valence-corrected chi connectivity index (χ1v) is 9.78. The Hall–Kier alpha value is -0.830. The largest absolute Gasteiger partial charge is 0.370 e. The molecule has 23 heavy (non-hydrogen) atoms. The lowest BCUT2D eigenvalue weighted by Crippen LogP contribution is -2.26. The van der Waals surface area contributed by atoms with Crippen LogP contribution in [-0.4, -0.2) is 32.9 Å². The normalized spacial score (nSPS) is 18.9. The zero-order valence-corrected chi connectivity index (χ0v) is 16.5. The van der Waals surface area contributed by atoms with Crippen LogP contribution < -0.4 is 11.1 Å². The van der Waals surface area contributed by atoms with E-state index in [1.54, 1.807) is 0 Å². The van der Waals surface area contributed by atoms with E-state index in [1.165, 1.54) is 23.8 Å². The fraction of sp³-hybridized carbons (Fsp3) is 0.562. The Balaban J connectivity index is 0.00000192. The minimum atomic E-state index is -2.96. The smallest absolute Gasteiger partial charge is 0.193 e. The molecule has 2 aliphatic rings. The number of aliphatic imine (C=N–C) groups is 1. The van der Waals surface area contributed by atoms with E-state index in [9.17, 15) is 8.42 Å². The van der Waals surface area contributed by atoms with Crippen molar-refractivity contribution in [2.45, 2.75) is 32.1 Å². The van der Waals surface area contributed by atoms with Gasteiger partial charge < -0.3 is 11.1 Å². The van der Waals surface area contributed by atoms with Gasteiger partial charge in [0.05, 0.1) is 5.75 Å². The quantitative estimate of drug-likeness (QED) is 0.411. The molecule has 0 atom stereocenters. The molecule has 5 nitrogen and oxygen atoms in total. The first-order valence-electron chi connectivity index (χ1n) is 7.72. The van der Waals surface area contributed by atoms with Crippen LogP contribution in [0.4, 0.5) is 5.69 Å². The Morgan fingerprint density at radius 1 is 1.30 bits per heavy atom. The van der Waals surface area contributed by atoms with Gasteiger partial charge in [-0.3, -0.25) is 4.99 Å². The lowest BCUT2D eigenvalue weighted by atomic mass is 10.1. The van der Waals surface area contributed by atoms with E-state index in [1.807, 2.05) is 6.07 Å². The van der Waals surface area contributed by atoms with Crippen molar-refractivity contribution in [2.75, 3.05) is 23.9 Å². The molecule has 0 heterocycles. The minimum absolute atomic E-state index is 0. The van der Waals surface area contributed by atoms with E-state index in [4.69, 9.17) is 5.73 Å². The summed E-state index contributed by atoms with van der Waals surface area (Å²) >= 11 is 0. The van der Waals surface area contributed by atoms with Crippen molar-refractivity contribution in [2.24, 2.45) is 16.1 Å². The molecular weight excluding hydrogens is 425 g/mol. The zero-order chi connectivity index (χ0) is 15.8. The summed E-state index contributed by atoms with van der Waals surface area (Å²) in [7, 11) is -2.96. The molecular formula is C16H24IN3O2S. The Morgan fingerprint density at radius 2 is 2.00 bits per heavy atom. The molecule has 128 valence electrons. The van der Waals surface area contributed by atoms with Gasteiger partial charge >= 0.3 is 0 Å². The number of rotatable bonds is 5. The zero-order valence-electron chi connectivity index (χ0n) is 13.3. The fourth-order valence-corrected chi connectivity index (χ4v) is 4.66. The summed E-state index contributed by atoms with van der Waals surface area (Å²) in [6, 6.07) is 6.30. The van der Waals surface area contributed by atoms with Gasteiger partial charge in [-0.1, -0.05) is 6.07 Å². The maximum absolute atomic E-state index is 11.4. The minimum Gasteiger partial charge on any atom is -0.370 e. The number of hydrogen-bond acceptors (Lipinski definition) is 3. The lowest BCUT2D eigenvalue weighted by Gasteiger charge is -2.12. The van der Waals surface area contributed by atoms with Crippen molar-refractivity contribution in [1.29, 1.82) is 0 Å². The predicted molar refractivity (Wildman–Crippen MR) is 105 cm³/mol. The maximum atomic E-state index is 11.4. The second-order valence-corrected chi connectivity index (χ2v) is 8.87. The van der Waals surface area contributed by atoms with Crippen molar-refractivity contribution in [3.63, 3.8) is 0 Å². The highest BCUT2D eigenvalue weighted by atomic mass is 127. The average molecular weight is 449 g/mol. The summed E-state index contributed by atoms with van der Waals surface area (Å²) in [6.07, 6.45) is 6.61. The van der Waals surface area contributed by atoms with Gasteiger partial charge in [-0.05, 0) is 55.4 Å². The van der Waals surface area contributed by atoms with E-state index < -0.39 is 9.84 Å². The monoisotopic (exact) mass is 449 g/mol.